The number of amides is 1. The fourth-order valence-electron chi connectivity index (χ4n) is 3.05. The first-order chi connectivity index (χ1) is 14.1. The maximum atomic E-state index is 12.9. The molecular weight excluding hydrogens is 450 g/mol. The zero-order chi connectivity index (χ0) is 21.9. The van der Waals surface area contributed by atoms with Crippen LogP contribution in [0.2, 0.25) is 0 Å². The number of nitrogens with zero attached hydrogens (tertiary/aromatic N) is 3. The normalized spacial score (nSPS) is 18.6. The van der Waals surface area contributed by atoms with Crippen molar-refractivity contribution in [1.82, 2.24) is 14.2 Å². The summed E-state index contributed by atoms with van der Waals surface area (Å²) in [4.78, 5) is 18.6. The smallest absolute Gasteiger partial charge is 0.244 e. The van der Waals surface area contributed by atoms with Crippen molar-refractivity contribution in [2.75, 3.05) is 31.4 Å². The van der Waals surface area contributed by atoms with Gasteiger partial charge in [-0.15, -0.1) is 0 Å². The van der Waals surface area contributed by atoms with Crippen LogP contribution in [0.3, 0.4) is 0 Å². The third-order valence-electron chi connectivity index (χ3n) is 4.71. The number of sulfonamides is 1. The lowest BCUT2D eigenvalue weighted by Crippen LogP contribution is -2.41. The van der Waals surface area contributed by atoms with Crippen molar-refractivity contribution < 1.29 is 26.0 Å². The van der Waals surface area contributed by atoms with Crippen LogP contribution in [-0.4, -0.2) is 74.3 Å². The number of aromatic nitrogens is 1. The van der Waals surface area contributed by atoms with Crippen molar-refractivity contribution in [2.45, 2.75) is 28.9 Å². The van der Waals surface area contributed by atoms with E-state index in [1.165, 1.54) is 44.4 Å². The molecule has 1 saturated heterocycles. The molecule has 9 nitrogen and oxygen atoms in total. The Hall–Kier alpha value is -1.89. The quantitative estimate of drug-likeness (QED) is 0.526. The van der Waals surface area contributed by atoms with Crippen LogP contribution in [0.15, 0.2) is 51.1 Å². The van der Waals surface area contributed by atoms with E-state index < -0.39 is 25.9 Å². The molecule has 1 unspecified atom stereocenters. The number of pyridine rings is 1. The van der Waals surface area contributed by atoms with Crippen molar-refractivity contribution in [3.63, 3.8) is 0 Å². The second kappa shape index (κ2) is 9.08. The molecule has 0 radical (unpaired) electrons. The predicted octanol–water partition coefficient (Wildman–Crippen LogP) is 1.23. The van der Waals surface area contributed by atoms with Gasteiger partial charge in [0.05, 0.1) is 35.1 Å². The van der Waals surface area contributed by atoms with Crippen molar-refractivity contribution >= 4 is 37.5 Å². The number of thioether (sulfide) groups is 1. The first-order valence-corrected chi connectivity index (χ1v) is 13.4. The first kappa shape index (κ1) is 22.8. The SMILES string of the molecule is CN(C)S(=O)(=O)c1ccc(SCC(=O)N(Cc2ccco2)C2CCS(=O)(=O)C2)nc1. The summed E-state index contributed by atoms with van der Waals surface area (Å²) in [5.41, 5.74) is 0. The Labute approximate surface area is 180 Å². The lowest BCUT2D eigenvalue weighted by Gasteiger charge is -2.27. The molecule has 0 saturated carbocycles. The Morgan fingerprint density at radius 1 is 1.30 bits per heavy atom. The molecular formula is C18H23N3O6S3. The molecule has 0 N–H and O–H groups in total. The number of sulfone groups is 1. The zero-order valence-electron chi connectivity index (χ0n) is 16.6. The molecule has 3 rings (SSSR count). The number of carbonyl (C=O) groups is 1. The van der Waals surface area contributed by atoms with Gasteiger partial charge in [0.1, 0.15) is 10.7 Å². The molecule has 164 valence electrons. The summed E-state index contributed by atoms with van der Waals surface area (Å²) in [6.45, 7) is 0.194. The Bertz CT molecular complexity index is 1080. The average Bonchev–Trinajstić information content (AvgIpc) is 3.33. The number of furan rings is 1. The minimum atomic E-state index is -3.57. The molecule has 12 heteroatoms. The van der Waals surface area contributed by atoms with Crippen LogP contribution < -0.4 is 0 Å². The maximum absolute atomic E-state index is 12.9. The predicted molar refractivity (Wildman–Crippen MR) is 112 cm³/mol. The van der Waals surface area contributed by atoms with Gasteiger partial charge in [0, 0.05) is 26.3 Å². The van der Waals surface area contributed by atoms with Crippen LogP contribution in [0.25, 0.3) is 0 Å². The molecule has 0 aliphatic carbocycles. The highest BCUT2D eigenvalue weighted by Gasteiger charge is 2.35. The van der Waals surface area contributed by atoms with Gasteiger partial charge in [-0.05, 0) is 30.7 Å². The van der Waals surface area contributed by atoms with E-state index in [1.807, 2.05) is 0 Å². The van der Waals surface area contributed by atoms with Gasteiger partial charge < -0.3 is 9.32 Å². The second-order valence-corrected chi connectivity index (χ2v) is 12.4. The van der Waals surface area contributed by atoms with Crippen molar-refractivity contribution in [1.29, 1.82) is 0 Å². The lowest BCUT2D eigenvalue weighted by atomic mass is 10.2. The van der Waals surface area contributed by atoms with Crippen LogP contribution in [0.1, 0.15) is 12.2 Å². The minimum absolute atomic E-state index is 0.0457. The average molecular weight is 474 g/mol. The highest BCUT2D eigenvalue weighted by atomic mass is 32.2. The second-order valence-electron chi connectivity index (χ2n) is 7.07. The van der Waals surface area contributed by atoms with Crippen LogP contribution >= 0.6 is 11.8 Å². The van der Waals surface area contributed by atoms with E-state index in [2.05, 4.69) is 4.98 Å². The van der Waals surface area contributed by atoms with Crippen LogP contribution in [-0.2, 0) is 31.2 Å². The summed E-state index contributed by atoms with van der Waals surface area (Å²) in [6, 6.07) is 6.05. The highest BCUT2D eigenvalue weighted by molar-refractivity contribution is 7.99. The molecule has 1 amide bonds. The Morgan fingerprint density at radius 3 is 2.60 bits per heavy atom. The minimum Gasteiger partial charge on any atom is -0.467 e. The Balaban J connectivity index is 1.68. The van der Waals surface area contributed by atoms with Gasteiger partial charge in [-0.25, -0.2) is 26.1 Å². The summed E-state index contributed by atoms with van der Waals surface area (Å²) in [7, 11) is -3.84. The van der Waals surface area contributed by atoms with E-state index in [0.717, 1.165) is 4.31 Å². The van der Waals surface area contributed by atoms with Gasteiger partial charge in [0.15, 0.2) is 9.84 Å². The van der Waals surface area contributed by atoms with Crippen LogP contribution in [0, 0.1) is 0 Å². The summed E-state index contributed by atoms with van der Waals surface area (Å²) in [5.74, 6) is 0.402. The van der Waals surface area contributed by atoms with Crippen molar-refractivity contribution in [3.05, 3.63) is 42.5 Å². The molecule has 0 bridgehead atoms. The first-order valence-electron chi connectivity index (χ1n) is 9.12. The fraction of sp³-hybridized carbons (Fsp3) is 0.444. The van der Waals surface area contributed by atoms with Crippen molar-refractivity contribution in [3.8, 4) is 0 Å². The molecule has 1 fully saturated rings. The topological polar surface area (TPSA) is 118 Å². The zero-order valence-corrected chi connectivity index (χ0v) is 19.0. The standard InChI is InChI=1S/C18H23N3O6S3/c1-20(2)30(25,26)16-5-6-17(19-10-16)28-12-18(22)21(11-15-4-3-8-27-15)14-7-9-29(23,24)13-14/h3-6,8,10,14H,7,9,11-13H2,1-2H3. The summed E-state index contributed by atoms with van der Waals surface area (Å²) in [6.07, 6.45) is 3.16. The molecule has 3 heterocycles. The molecule has 2 aromatic rings. The van der Waals surface area contributed by atoms with E-state index >= 15 is 0 Å². The molecule has 0 spiro atoms. The van der Waals surface area contributed by atoms with Gasteiger partial charge in [-0.3, -0.25) is 4.79 Å². The summed E-state index contributed by atoms with van der Waals surface area (Å²) < 4.78 is 54.4. The third kappa shape index (κ3) is 5.42. The van der Waals surface area contributed by atoms with E-state index in [-0.39, 0.29) is 34.6 Å². The van der Waals surface area contributed by atoms with Crippen LogP contribution in [0.4, 0.5) is 0 Å². The Kier molecular flexibility index (Phi) is 6.90. The highest BCUT2D eigenvalue weighted by Crippen LogP contribution is 2.24. The molecule has 1 aliphatic rings. The van der Waals surface area contributed by atoms with E-state index in [0.29, 0.717) is 17.2 Å². The van der Waals surface area contributed by atoms with E-state index in [9.17, 15) is 21.6 Å². The molecule has 30 heavy (non-hydrogen) atoms. The van der Waals surface area contributed by atoms with Gasteiger partial charge in [-0.2, -0.15) is 0 Å². The molecule has 2 aromatic heterocycles. The number of hydrogen-bond donors (Lipinski definition) is 0. The number of carbonyl (C=O) groups excluding carboxylic acids is 1. The maximum Gasteiger partial charge on any atom is 0.244 e. The largest absolute Gasteiger partial charge is 0.467 e. The van der Waals surface area contributed by atoms with E-state index in [1.54, 1.807) is 23.1 Å². The summed E-state index contributed by atoms with van der Waals surface area (Å²) in [5, 5.41) is 0.498. The number of hydrogen-bond acceptors (Lipinski definition) is 8. The number of rotatable bonds is 8. The van der Waals surface area contributed by atoms with Gasteiger partial charge in [-0.1, -0.05) is 11.8 Å². The fourth-order valence-corrected chi connectivity index (χ4v) is 6.35. The van der Waals surface area contributed by atoms with E-state index in [4.69, 9.17) is 4.42 Å². The Morgan fingerprint density at radius 2 is 2.07 bits per heavy atom. The van der Waals surface area contributed by atoms with Gasteiger partial charge in [0.2, 0.25) is 15.9 Å². The van der Waals surface area contributed by atoms with Crippen LogP contribution in [0.5, 0.6) is 0 Å². The molecule has 1 atom stereocenters. The molecule has 1 aliphatic heterocycles. The van der Waals surface area contributed by atoms with Gasteiger partial charge >= 0.3 is 0 Å². The lowest BCUT2D eigenvalue weighted by molar-refractivity contribution is -0.131. The van der Waals surface area contributed by atoms with Crippen molar-refractivity contribution in [2.24, 2.45) is 0 Å². The monoisotopic (exact) mass is 473 g/mol. The third-order valence-corrected chi connectivity index (χ3v) is 9.18. The summed E-state index contributed by atoms with van der Waals surface area (Å²) >= 11 is 1.17. The van der Waals surface area contributed by atoms with Gasteiger partial charge in [0.25, 0.3) is 0 Å². The molecule has 0 aromatic carbocycles.